The Morgan fingerprint density at radius 1 is 0.875 bits per heavy atom. The van der Waals surface area contributed by atoms with Gasteiger partial charge in [-0.05, 0) is 55.0 Å². The van der Waals surface area contributed by atoms with Crippen LogP contribution in [0.4, 0.5) is 26.7 Å². The fourth-order valence-electron chi connectivity index (χ4n) is 4.41. The third-order valence-corrected chi connectivity index (χ3v) is 7.82. The summed E-state index contributed by atoms with van der Waals surface area (Å²) in [6.07, 6.45) is -9.60. The van der Waals surface area contributed by atoms with Crippen LogP contribution >= 0.6 is 23.2 Å². The third-order valence-electron chi connectivity index (χ3n) is 7.09. The van der Waals surface area contributed by atoms with Crippen molar-refractivity contribution < 1.29 is 56.1 Å². The number of alkyl halides is 5. The summed E-state index contributed by atoms with van der Waals surface area (Å²) in [5.41, 5.74) is -0.819. The number of hydrogen-bond donors (Lipinski definition) is 6. The maximum Gasteiger partial charge on any atom is 0.416 e. The molecule has 0 fully saturated rings. The highest BCUT2D eigenvalue weighted by molar-refractivity contribution is 6.42. The molecule has 0 saturated carbocycles. The molecule has 266 valence electrons. The summed E-state index contributed by atoms with van der Waals surface area (Å²) in [5, 5.41) is 26.8. The van der Waals surface area contributed by atoms with E-state index in [1.807, 2.05) is 5.32 Å². The molecule has 2 rings (SSSR count). The van der Waals surface area contributed by atoms with Crippen LogP contribution in [0.25, 0.3) is 0 Å². The number of nitrogens with one attached hydrogen (secondary N) is 4. The van der Waals surface area contributed by atoms with Gasteiger partial charge in [-0.3, -0.25) is 14.4 Å². The van der Waals surface area contributed by atoms with Gasteiger partial charge in [-0.1, -0.05) is 55.2 Å². The van der Waals surface area contributed by atoms with Crippen molar-refractivity contribution in [1.82, 2.24) is 21.3 Å². The number of ether oxygens (including phenoxy) is 1. The minimum atomic E-state index is -5.11. The lowest BCUT2D eigenvalue weighted by atomic mass is 9.96. The molecule has 11 nitrogen and oxygen atoms in total. The number of carboxylic acid groups (broad SMARTS) is 1. The summed E-state index contributed by atoms with van der Waals surface area (Å²) >= 11 is 11.6. The van der Waals surface area contributed by atoms with Crippen molar-refractivity contribution in [3.63, 3.8) is 0 Å². The Balaban J connectivity index is 2.44. The molecule has 0 aliphatic carbocycles. The van der Waals surface area contributed by atoms with Gasteiger partial charge >= 0.3 is 18.2 Å². The van der Waals surface area contributed by atoms with Crippen molar-refractivity contribution in [2.45, 2.75) is 69.4 Å². The predicted octanol–water partition coefficient (Wildman–Crippen LogP) is 4.94. The summed E-state index contributed by atoms with van der Waals surface area (Å²) in [7, 11) is 1.35. The van der Waals surface area contributed by atoms with Crippen LogP contribution in [0.1, 0.15) is 50.3 Å². The molecule has 2 aromatic carbocycles. The summed E-state index contributed by atoms with van der Waals surface area (Å²) in [6.45, 7) is 2.56. The van der Waals surface area contributed by atoms with Crippen LogP contribution in [0, 0.1) is 5.92 Å². The summed E-state index contributed by atoms with van der Waals surface area (Å²) < 4.78 is 75.7. The molecule has 0 aliphatic rings. The number of rotatable bonds is 16. The second kappa shape index (κ2) is 17.5. The molecule has 0 spiro atoms. The number of aliphatic hydroxyl groups is 1. The summed E-state index contributed by atoms with van der Waals surface area (Å²) in [5.74, 6) is -9.14. The summed E-state index contributed by atoms with van der Waals surface area (Å²) in [6, 6.07) is 2.73. The Morgan fingerprint density at radius 3 is 2.02 bits per heavy atom. The van der Waals surface area contributed by atoms with Crippen molar-refractivity contribution in [2.75, 3.05) is 13.7 Å². The molecule has 0 aromatic heterocycles. The first kappa shape index (κ1) is 40.3. The number of halogens is 7. The monoisotopic (exact) mass is 728 g/mol. The number of hydrogen-bond acceptors (Lipinski definition) is 6. The molecule has 0 heterocycles. The van der Waals surface area contributed by atoms with Crippen molar-refractivity contribution in [3.05, 3.63) is 63.6 Å². The Bertz CT molecular complexity index is 1430. The van der Waals surface area contributed by atoms with Gasteiger partial charge in [-0.15, -0.1) is 0 Å². The number of carbonyl (C=O) groups excluding carboxylic acids is 3. The van der Waals surface area contributed by atoms with Gasteiger partial charge in [-0.2, -0.15) is 22.0 Å². The van der Waals surface area contributed by atoms with E-state index in [0.29, 0.717) is 5.75 Å². The zero-order valence-corrected chi connectivity index (χ0v) is 27.3. The number of amides is 4. The van der Waals surface area contributed by atoms with E-state index in [-0.39, 0.29) is 41.4 Å². The molecular formula is C30H35Cl2F5N4O7. The molecule has 18 heteroatoms. The van der Waals surface area contributed by atoms with Gasteiger partial charge in [0.1, 0.15) is 17.8 Å². The van der Waals surface area contributed by atoms with Gasteiger partial charge in [0, 0.05) is 12.1 Å². The van der Waals surface area contributed by atoms with Crippen molar-refractivity contribution >= 4 is 47.0 Å². The van der Waals surface area contributed by atoms with Crippen molar-refractivity contribution in [3.8, 4) is 5.75 Å². The van der Waals surface area contributed by atoms with E-state index in [0.717, 1.165) is 18.2 Å². The molecule has 4 unspecified atom stereocenters. The minimum Gasteiger partial charge on any atom is -0.497 e. The van der Waals surface area contributed by atoms with E-state index >= 15 is 8.78 Å². The molecule has 4 atom stereocenters. The molecule has 0 saturated heterocycles. The molecule has 0 bridgehead atoms. The first-order valence-corrected chi connectivity index (χ1v) is 15.2. The number of carbonyl (C=O) groups is 4. The first-order valence-electron chi connectivity index (χ1n) is 14.4. The average Bonchev–Trinajstić information content (AvgIpc) is 3.01. The average molecular weight is 730 g/mol. The minimum absolute atomic E-state index is 0.0174. The van der Waals surface area contributed by atoms with Gasteiger partial charge < -0.3 is 36.2 Å². The van der Waals surface area contributed by atoms with Crippen LogP contribution < -0.4 is 26.0 Å². The second-order valence-electron chi connectivity index (χ2n) is 10.9. The molecule has 2 aromatic rings. The van der Waals surface area contributed by atoms with Crippen molar-refractivity contribution in [1.29, 1.82) is 0 Å². The number of unbranched alkanes of at least 4 members (excludes halogenated alkanes) is 1. The maximum atomic E-state index is 15.2. The number of methoxy groups -OCH3 is 1. The first-order chi connectivity index (χ1) is 22.3. The predicted molar refractivity (Wildman–Crippen MR) is 165 cm³/mol. The Morgan fingerprint density at radius 2 is 1.50 bits per heavy atom. The van der Waals surface area contributed by atoms with Crippen LogP contribution in [-0.2, 0) is 20.3 Å². The lowest BCUT2D eigenvalue weighted by molar-refractivity contribution is -0.215. The lowest BCUT2D eigenvalue weighted by Crippen LogP contribution is -2.56. The Hall–Kier alpha value is -3.89. The molecule has 48 heavy (non-hydrogen) atoms. The van der Waals surface area contributed by atoms with Gasteiger partial charge in [0.05, 0.1) is 23.2 Å². The van der Waals surface area contributed by atoms with Crippen LogP contribution in [-0.4, -0.2) is 72.0 Å². The normalized spacial score (nSPS) is 14.3. The van der Waals surface area contributed by atoms with Crippen LogP contribution in [0.3, 0.4) is 0 Å². The third kappa shape index (κ3) is 11.4. The molecule has 0 radical (unpaired) electrons. The van der Waals surface area contributed by atoms with Gasteiger partial charge in [0.25, 0.3) is 5.91 Å². The Kier molecular flexibility index (Phi) is 14.7. The number of aliphatic hydroxyl groups excluding tert-OH is 1. The maximum absolute atomic E-state index is 15.2. The highest BCUT2D eigenvalue weighted by atomic mass is 35.5. The zero-order valence-electron chi connectivity index (χ0n) is 25.8. The molecule has 0 aliphatic heterocycles. The SMILES string of the molecule is COc1ccc(C(NC(=O)C(CCCCNC(=O)O)NC(=O)C(F)(F)c2ccc(Cl)c(Cl)c2)C(=O)NC(C(C)C)C(O)C(F)(F)F)cc1. The van der Waals surface area contributed by atoms with E-state index in [2.05, 4.69) is 16.0 Å². The van der Waals surface area contributed by atoms with E-state index in [9.17, 15) is 37.5 Å². The van der Waals surface area contributed by atoms with Crippen LogP contribution in [0.15, 0.2) is 42.5 Å². The van der Waals surface area contributed by atoms with Gasteiger partial charge in [-0.25, -0.2) is 4.79 Å². The van der Waals surface area contributed by atoms with E-state index < -0.39 is 71.6 Å². The van der Waals surface area contributed by atoms with Crippen molar-refractivity contribution in [2.24, 2.45) is 5.92 Å². The largest absolute Gasteiger partial charge is 0.497 e. The fourth-order valence-corrected chi connectivity index (χ4v) is 4.71. The quantitative estimate of drug-likeness (QED) is 0.105. The standard InChI is InChI=1S/C30H35Cl2F5N4O7/c1-15(2)22(24(42)30(35,36)37)40-26(44)23(16-7-10-18(48-3)11-8-16)41-25(43)21(6-4-5-13-38-28(46)47)39-27(45)29(33,34)17-9-12-19(31)20(32)14-17/h7-12,14-15,21-24,38,42H,4-6,13H2,1-3H3,(H,39,45)(H,40,44)(H,41,43)(H,46,47). The number of benzene rings is 2. The fraction of sp³-hybridized carbons (Fsp3) is 0.467. The summed E-state index contributed by atoms with van der Waals surface area (Å²) in [4.78, 5) is 50.7. The molecule has 6 N–H and O–H groups in total. The smallest absolute Gasteiger partial charge is 0.416 e. The second-order valence-corrected chi connectivity index (χ2v) is 11.8. The Labute approximate surface area is 282 Å². The van der Waals surface area contributed by atoms with E-state index in [4.69, 9.17) is 33.0 Å². The van der Waals surface area contributed by atoms with E-state index in [1.165, 1.54) is 45.2 Å². The van der Waals surface area contributed by atoms with Crippen LogP contribution in [0.2, 0.25) is 10.0 Å². The lowest BCUT2D eigenvalue weighted by Gasteiger charge is -2.31. The van der Waals surface area contributed by atoms with Crippen LogP contribution in [0.5, 0.6) is 5.75 Å². The zero-order chi connectivity index (χ0) is 36.4. The highest BCUT2D eigenvalue weighted by Gasteiger charge is 2.46. The van der Waals surface area contributed by atoms with E-state index in [1.54, 1.807) is 0 Å². The molecule has 4 amide bonds. The molecular weight excluding hydrogens is 694 g/mol. The van der Waals surface area contributed by atoms with Gasteiger partial charge in [0.2, 0.25) is 11.8 Å². The highest BCUT2D eigenvalue weighted by Crippen LogP contribution is 2.33. The van der Waals surface area contributed by atoms with Gasteiger partial charge in [0.15, 0.2) is 6.10 Å². The topological polar surface area (TPSA) is 166 Å².